The van der Waals surface area contributed by atoms with Gasteiger partial charge in [-0.3, -0.25) is 0 Å². The molecule has 0 amide bonds. The van der Waals surface area contributed by atoms with Crippen molar-refractivity contribution in [2.45, 2.75) is 16.5 Å². The van der Waals surface area contributed by atoms with Gasteiger partial charge < -0.3 is 14.8 Å². The monoisotopic (exact) mass is 405 g/mol. The van der Waals surface area contributed by atoms with Gasteiger partial charge in [-0.05, 0) is 41.8 Å². The summed E-state index contributed by atoms with van der Waals surface area (Å²) in [5, 5.41) is 12.4. The van der Waals surface area contributed by atoms with Gasteiger partial charge in [0.05, 0.1) is 14.2 Å². The second-order valence-electron chi connectivity index (χ2n) is 5.66. The van der Waals surface area contributed by atoms with E-state index in [4.69, 9.17) is 9.47 Å². The lowest BCUT2D eigenvalue weighted by Crippen LogP contribution is -2.04. The van der Waals surface area contributed by atoms with Crippen LogP contribution in [-0.2, 0) is 12.2 Å². The van der Waals surface area contributed by atoms with Crippen molar-refractivity contribution >= 4 is 28.2 Å². The van der Waals surface area contributed by atoms with E-state index in [9.17, 15) is 4.39 Å². The van der Waals surface area contributed by atoms with Gasteiger partial charge in [0.1, 0.15) is 5.82 Å². The number of nitrogens with one attached hydrogen (secondary N) is 1. The van der Waals surface area contributed by atoms with Gasteiger partial charge in [0.25, 0.3) is 0 Å². The largest absolute Gasteiger partial charge is 0.493 e. The van der Waals surface area contributed by atoms with Gasteiger partial charge in [0, 0.05) is 12.3 Å². The van der Waals surface area contributed by atoms with Crippen molar-refractivity contribution in [1.29, 1.82) is 0 Å². The fourth-order valence-corrected chi connectivity index (χ4v) is 4.18. The highest BCUT2D eigenvalue weighted by molar-refractivity contribution is 8.00. The summed E-state index contributed by atoms with van der Waals surface area (Å²) in [5.41, 5.74) is 2.07. The molecule has 1 heterocycles. The number of hydrogen-bond acceptors (Lipinski definition) is 7. The van der Waals surface area contributed by atoms with Crippen molar-refractivity contribution < 1.29 is 13.9 Å². The van der Waals surface area contributed by atoms with Gasteiger partial charge in [-0.15, -0.1) is 10.2 Å². The van der Waals surface area contributed by atoms with Crippen LogP contribution in [0.15, 0.2) is 46.8 Å². The normalized spacial score (nSPS) is 10.6. The third kappa shape index (κ3) is 5.58. The third-order valence-corrected chi connectivity index (χ3v) is 5.88. The highest BCUT2D eigenvalue weighted by Crippen LogP contribution is 2.29. The molecule has 0 bridgehead atoms. The van der Waals surface area contributed by atoms with Gasteiger partial charge in [-0.1, -0.05) is 41.3 Å². The molecule has 0 spiro atoms. The highest BCUT2D eigenvalue weighted by atomic mass is 32.2. The van der Waals surface area contributed by atoms with Crippen LogP contribution < -0.4 is 14.8 Å². The summed E-state index contributed by atoms with van der Waals surface area (Å²) < 4.78 is 24.6. The predicted molar refractivity (Wildman–Crippen MR) is 108 cm³/mol. The Balaban J connectivity index is 1.48. The Kier molecular flexibility index (Phi) is 6.89. The Morgan fingerprint density at radius 1 is 1.04 bits per heavy atom. The van der Waals surface area contributed by atoms with E-state index in [1.54, 1.807) is 32.0 Å². The van der Waals surface area contributed by atoms with Crippen molar-refractivity contribution in [2.75, 3.05) is 26.1 Å². The summed E-state index contributed by atoms with van der Waals surface area (Å²) in [5.74, 6) is 1.89. The number of halogens is 1. The van der Waals surface area contributed by atoms with Gasteiger partial charge in [0.15, 0.2) is 15.8 Å². The molecule has 0 aliphatic rings. The molecule has 8 heteroatoms. The summed E-state index contributed by atoms with van der Waals surface area (Å²) in [6.07, 6.45) is 0.825. The maximum Gasteiger partial charge on any atom is 0.206 e. The molecule has 142 valence electrons. The molecule has 0 saturated carbocycles. The predicted octanol–water partition coefficient (Wildman–Crippen LogP) is 4.64. The smallest absolute Gasteiger partial charge is 0.206 e. The fraction of sp³-hybridized carbons (Fsp3) is 0.263. The molecular formula is C19H20FN3O2S2. The first kappa shape index (κ1) is 19.4. The quantitative estimate of drug-likeness (QED) is 0.524. The molecule has 0 radical (unpaired) electrons. The lowest BCUT2D eigenvalue weighted by Gasteiger charge is -2.09. The number of hydrogen-bond donors (Lipinski definition) is 1. The summed E-state index contributed by atoms with van der Waals surface area (Å²) in [7, 11) is 3.25. The molecule has 0 atom stereocenters. The summed E-state index contributed by atoms with van der Waals surface area (Å²) in [4.78, 5) is 0. The number of benzene rings is 2. The molecule has 2 aromatic carbocycles. The Morgan fingerprint density at radius 3 is 2.67 bits per heavy atom. The standard InChI is InChI=1S/C19H20FN3O2S2/c1-24-16-7-6-13(11-17(16)25-2)8-9-21-18-22-23-19(27-18)26-12-14-4-3-5-15(20)10-14/h3-7,10-11H,8-9,12H2,1-2H3,(H,21,22). The molecule has 27 heavy (non-hydrogen) atoms. The first-order chi connectivity index (χ1) is 13.2. The lowest BCUT2D eigenvalue weighted by atomic mass is 10.1. The van der Waals surface area contributed by atoms with Crippen LogP contribution in [0.5, 0.6) is 11.5 Å². The minimum Gasteiger partial charge on any atom is -0.493 e. The molecule has 3 aromatic rings. The van der Waals surface area contributed by atoms with E-state index in [1.165, 1.54) is 23.5 Å². The molecular weight excluding hydrogens is 385 g/mol. The molecule has 5 nitrogen and oxygen atoms in total. The lowest BCUT2D eigenvalue weighted by molar-refractivity contribution is 0.354. The van der Waals surface area contributed by atoms with Gasteiger partial charge >= 0.3 is 0 Å². The number of ether oxygens (including phenoxy) is 2. The van der Waals surface area contributed by atoms with Crippen LogP contribution in [0.3, 0.4) is 0 Å². The zero-order valence-electron chi connectivity index (χ0n) is 15.1. The number of anilines is 1. The first-order valence-electron chi connectivity index (χ1n) is 8.33. The van der Waals surface area contributed by atoms with Crippen LogP contribution in [0.2, 0.25) is 0 Å². The van der Waals surface area contributed by atoms with Gasteiger partial charge in [0.2, 0.25) is 5.13 Å². The van der Waals surface area contributed by atoms with Crippen LogP contribution in [0, 0.1) is 5.82 Å². The topological polar surface area (TPSA) is 56.3 Å². The van der Waals surface area contributed by atoms with Crippen molar-refractivity contribution in [3.8, 4) is 11.5 Å². The SMILES string of the molecule is COc1ccc(CCNc2nnc(SCc3cccc(F)c3)s2)cc1OC. The van der Waals surface area contributed by atoms with Crippen LogP contribution in [0.1, 0.15) is 11.1 Å². The number of thioether (sulfide) groups is 1. The fourth-order valence-electron chi connectivity index (χ4n) is 2.46. The van der Waals surface area contributed by atoms with E-state index < -0.39 is 0 Å². The average molecular weight is 406 g/mol. The van der Waals surface area contributed by atoms with Gasteiger partial charge in [-0.2, -0.15) is 0 Å². The summed E-state index contributed by atoms with van der Waals surface area (Å²) >= 11 is 3.05. The number of rotatable bonds is 9. The summed E-state index contributed by atoms with van der Waals surface area (Å²) in [6, 6.07) is 12.5. The Hall–Kier alpha value is -2.32. The van der Waals surface area contributed by atoms with Crippen LogP contribution in [0.25, 0.3) is 0 Å². The van der Waals surface area contributed by atoms with E-state index in [0.29, 0.717) is 5.75 Å². The molecule has 1 N–H and O–H groups in total. The number of aromatic nitrogens is 2. The Morgan fingerprint density at radius 2 is 1.89 bits per heavy atom. The molecule has 0 aliphatic carbocycles. The van der Waals surface area contributed by atoms with Gasteiger partial charge in [-0.25, -0.2) is 4.39 Å². The Labute approximate surface area is 165 Å². The van der Waals surface area contributed by atoms with Crippen molar-refractivity contribution in [3.63, 3.8) is 0 Å². The zero-order chi connectivity index (χ0) is 19.1. The minimum absolute atomic E-state index is 0.220. The molecule has 0 unspecified atom stereocenters. The number of nitrogens with zero attached hydrogens (tertiary/aromatic N) is 2. The maximum absolute atomic E-state index is 13.2. The maximum atomic E-state index is 13.2. The van der Waals surface area contributed by atoms with E-state index >= 15 is 0 Å². The average Bonchev–Trinajstić information content (AvgIpc) is 3.14. The van der Waals surface area contributed by atoms with E-state index in [0.717, 1.165) is 45.1 Å². The van der Waals surface area contributed by atoms with Crippen LogP contribution >= 0.6 is 23.1 Å². The van der Waals surface area contributed by atoms with E-state index in [-0.39, 0.29) is 5.82 Å². The summed E-state index contributed by atoms with van der Waals surface area (Å²) in [6.45, 7) is 0.735. The van der Waals surface area contributed by atoms with Crippen molar-refractivity contribution in [1.82, 2.24) is 10.2 Å². The zero-order valence-corrected chi connectivity index (χ0v) is 16.7. The molecule has 3 rings (SSSR count). The highest BCUT2D eigenvalue weighted by Gasteiger charge is 2.07. The van der Waals surface area contributed by atoms with E-state index in [1.807, 2.05) is 24.3 Å². The Bertz CT molecular complexity index is 889. The van der Waals surface area contributed by atoms with E-state index in [2.05, 4.69) is 15.5 Å². The van der Waals surface area contributed by atoms with Crippen molar-refractivity contribution in [3.05, 3.63) is 59.4 Å². The minimum atomic E-state index is -0.220. The molecule has 0 aliphatic heterocycles. The van der Waals surface area contributed by atoms with Crippen LogP contribution in [0.4, 0.5) is 9.52 Å². The second-order valence-corrected chi connectivity index (χ2v) is 7.86. The molecule has 0 saturated heterocycles. The molecule has 0 fully saturated rings. The molecule has 1 aromatic heterocycles. The number of methoxy groups -OCH3 is 2. The third-order valence-electron chi connectivity index (χ3n) is 3.80. The van der Waals surface area contributed by atoms with Crippen LogP contribution in [-0.4, -0.2) is 31.0 Å². The van der Waals surface area contributed by atoms with Crippen molar-refractivity contribution in [2.24, 2.45) is 0 Å². The first-order valence-corrected chi connectivity index (χ1v) is 10.1. The second kappa shape index (κ2) is 9.57.